The molecule has 2 N–H and O–H groups in total. The molecule has 0 saturated carbocycles. The molecule has 2 aromatic carbocycles. The van der Waals surface area contributed by atoms with Gasteiger partial charge in [0.1, 0.15) is 17.6 Å². The fourth-order valence-corrected chi connectivity index (χ4v) is 5.65. The molecule has 43 heavy (non-hydrogen) atoms. The number of nitrogen functional groups attached to an aromatic ring is 1. The van der Waals surface area contributed by atoms with E-state index in [1.165, 1.54) is 12.4 Å². The van der Waals surface area contributed by atoms with Gasteiger partial charge in [0.2, 0.25) is 17.7 Å². The predicted molar refractivity (Wildman–Crippen MR) is 167 cm³/mol. The van der Waals surface area contributed by atoms with Crippen LogP contribution < -0.4 is 20.1 Å². The van der Waals surface area contributed by atoms with Crippen LogP contribution in [0.1, 0.15) is 5.69 Å². The summed E-state index contributed by atoms with van der Waals surface area (Å²) in [5, 5.41) is 4.46. The van der Waals surface area contributed by atoms with Gasteiger partial charge >= 0.3 is 0 Å². The van der Waals surface area contributed by atoms with Crippen molar-refractivity contribution in [3.63, 3.8) is 0 Å². The summed E-state index contributed by atoms with van der Waals surface area (Å²) in [6, 6.07) is 21.2. The first-order valence-corrected chi connectivity index (χ1v) is 14.0. The van der Waals surface area contributed by atoms with Crippen molar-refractivity contribution in [1.82, 2.24) is 24.5 Å². The van der Waals surface area contributed by atoms with E-state index in [4.69, 9.17) is 15.2 Å². The molecule has 218 valence electrons. The number of aromatic nitrogens is 4. The third-order valence-electron chi connectivity index (χ3n) is 7.62. The lowest BCUT2D eigenvalue weighted by Crippen LogP contribution is -2.50. The number of pyridine rings is 1. The van der Waals surface area contributed by atoms with Gasteiger partial charge in [0.15, 0.2) is 5.82 Å². The number of methoxy groups -OCH3 is 1. The third-order valence-corrected chi connectivity index (χ3v) is 7.62. The van der Waals surface area contributed by atoms with Gasteiger partial charge in [-0.15, -0.1) is 0 Å². The molecular weight excluding hydrogens is 542 g/mol. The van der Waals surface area contributed by atoms with Crippen LogP contribution >= 0.6 is 0 Å². The smallest absolute Gasteiger partial charge is 0.250 e. The topological polar surface area (TPSA) is 111 Å². The Morgan fingerprint density at radius 2 is 1.77 bits per heavy atom. The Labute approximate surface area is 250 Å². The number of benzene rings is 2. The molecule has 0 aliphatic carbocycles. The summed E-state index contributed by atoms with van der Waals surface area (Å²) in [5.41, 5.74) is 12.1. The first-order chi connectivity index (χ1) is 20.9. The highest BCUT2D eigenvalue weighted by Gasteiger charge is 2.28. The van der Waals surface area contributed by atoms with Crippen molar-refractivity contribution in [2.75, 3.05) is 44.4 Å². The Hall–Kier alpha value is -5.22. The lowest BCUT2D eigenvalue weighted by atomic mass is 9.96. The van der Waals surface area contributed by atoms with Crippen LogP contribution in [0.2, 0.25) is 0 Å². The van der Waals surface area contributed by atoms with Gasteiger partial charge in [-0.2, -0.15) is 9.61 Å². The Bertz CT molecular complexity index is 1790. The average Bonchev–Trinajstić information content (AvgIpc) is 3.34. The lowest BCUT2D eigenvalue weighted by Gasteiger charge is -2.39. The Morgan fingerprint density at radius 3 is 2.42 bits per heavy atom. The summed E-state index contributed by atoms with van der Waals surface area (Å²) in [4.78, 5) is 25.5. The molecule has 1 amide bonds. The number of carbonyl (C=O) groups excluding carboxylic acids is 1. The molecule has 0 spiro atoms. The number of carbonyl (C=O) groups is 1. The van der Waals surface area contributed by atoms with Gasteiger partial charge in [-0.05, 0) is 61.5 Å². The highest BCUT2D eigenvalue weighted by atomic mass is 16.5. The zero-order valence-corrected chi connectivity index (χ0v) is 24.4. The number of nitrogens with zero attached hydrogens (tertiary/aromatic N) is 6. The van der Waals surface area contributed by atoms with Crippen molar-refractivity contribution in [1.29, 1.82) is 0 Å². The van der Waals surface area contributed by atoms with Crippen molar-refractivity contribution in [2.45, 2.75) is 6.92 Å². The second kappa shape index (κ2) is 11.6. The zero-order valence-electron chi connectivity index (χ0n) is 24.4. The molecule has 6 rings (SSSR count). The molecule has 1 aliphatic heterocycles. The van der Waals surface area contributed by atoms with E-state index < -0.39 is 0 Å². The van der Waals surface area contributed by atoms with E-state index in [0.29, 0.717) is 41.3 Å². The number of hydrogen-bond donors (Lipinski definition) is 1. The van der Waals surface area contributed by atoms with Crippen LogP contribution in [0.5, 0.6) is 17.5 Å². The van der Waals surface area contributed by atoms with Crippen LogP contribution in [-0.4, -0.2) is 64.2 Å². The fraction of sp³-hybridized carbons (Fsp3) is 0.212. The number of aryl methyl sites for hydroxylation is 1. The van der Waals surface area contributed by atoms with E-state index in [2.05, 4.69) is 33.6 Å². The van der Waals surface area contributed by atoms with Crippen molar-refractivity contribution in [3.8, 4) is 39.8 Å². The second-order valence-corrected chi connectivity index (χ2v) is 10.7. The summed E-state index contributed by atoms with van der Waals surface area (Å²) in [6.07, 6.45) is 2.77. The predicted octanol–water partition coefficient (Wildman–Crippen LogP) is 5.23. The molecule has 3 aromatic heterocycles. The van der Waals surface area contributed by atoms with Crippen LogP contribution in [0.15, 0.2) is 85.7 Å². The van der Waals surface area contributed by atoms with Crippen molar-refractivity contribution in [3.05, 3.63) is 91.4 Å². The molecule has 0 radical (unpaired) electrons. The van der Waals surface area contributed by atoms with Gasteiger partial charge in [-0.3, -0.25) is 4.79 Å². The van der Waals surface area contributed by atoms with Gasteiger partial charge in [0.05, 0.1) is 12.7 Å². The monoisotopic (exact) mass is 575 g/mol. The highest BCUT2D eigenvalue weighted by molar-refractivity contribution is 6.03. The SMILES string of the molecule is C=CC(=O)N(CC1CN(C)C1)c1ccc(-c2c(-c3ccc(Oc4cccc(C)n4)cc3)c3c(N)ncnn3c2OC)cc1. The summed E-state index contributed by atoms with van der Waals surface area (Å²) in [5.74, 6) is 2.32. The van der Waals surface area contributed by atoms with E-state index in [1.54, 1.807) is 16.5 Å². The first-order valence-electron chi connectivity index (χ1n) is 14.0. The number of likely N-dealkylation sites (tertiary alicyclic amines) is 1. The van der Waals surface area contributed by atoms with Crippen LogP contribution in [-0.2, 0) is 4.79 Å². The van der Waals surface area contributed by atoms with Gasteiger partial charge < -0.3 is 25.0 Å². The number of rotatable bonds is 9. The van der Waals surface area contributed by atoms with E-state index in [9.17, 15) is 4.79 Å². The van der Waals surface area contributed by atoms with Crippen LogP contribution in [0.3, 0.4) is 0 Å². The molecule has 10 nitrogen and oxygen atoms in total. The van der Waals surface area contributed by atoms with E-state index in [1.807, 2.05) is 73.7 Å². The van der Waals surface area contributed by atoms with Gasteiger partial charge in [-0.1, -0.05) is 36.9 Å². The van der Waals surface area contributed by atoms with E-state index >= 15 is 0 Å². The minimum Gasteiger partial charge on any atom is -0.480 e. The number of amides is 1. The lowest BCUT2D eigenvalue weighted by molar-refractivity contribution is -0.114. The number of fused-ring (bicyclic) bond motifs is 1. The van der Waals surface area contributed by atoms with Crippen molar-refractivity contribution < 1.29 is 14.3 Å². The molecular formula is C33H33N7O3. The molecule has 1 aliphatic rings. The number of hydrogen-bond acceptors (Lipinski definition) is 8. The van der Waals surface area contributed by atoms with Crippen LogP contribution in [0.4, 0.5) is 11.5 Å². The number of nitrogens with two attached hydrogens (primary N) is 1. The maximum atomic E-state index is 12.8. The third kappa shape index (κ3) is 5.40. The van der Waals surface area contributed by atoms with Crippen LogP contribution in [0.25, 0.3) is 27.8 Å². The molecule has 0 bridgehead atoms. The molecule has 4 heterocycles. The Kier molecular flexibility index (Phi) is 7.52. The Balaban J connectivity index is 1.41. The zero-order chi connectivity index (χ0) is 30.1. The molecule has 5 aromatic rings. The maximum absolute atomic E-state index is 12.8. The maximum Gasteiger partial charge on any atom is 0.250 e. The van der Waals surface area contributed by atoms with Crippen molar-refractivity contribution in [2.24, 2.45) is 5.92 Å². The van der Waals surface area contributed by atoms with Crippen LogP contribution in [0, 0.1) is 12.8 Å². The summed E-state index contributed by atoms with van der Waals surface area (Å²) in [7, 11) is 3.68. The van der Waals surface area contributed by atoms with Gasteiger partial charge in [-0.25, -0.2) is 9.97 Å². The second-order valence-electron chi connectivity index (χ2n) is 10.7. The highest BCUT2D eigenvalue weighted by Crippen LogP contribution is 2.46. The molecule has 0 unspecified atom stereocenters. The first kappa shape index (κ1) is 27.9. The standard InChI is InChI=1S/C33H33N7O3/c1-5-28(41)39(19-22-17-38(3)18-22)25-13-9-24(10-14-25)30-29(31-32(34)35-20-36-40(31)33(30)42-4)23-11-15-26(16-12-23)43-27-8-6-7-21(2)37-27/h5-16,20,22H,1,17-19H2,2-4H3,(H2,34,35,36). The number of ether oxygens (including phenoxy) is 2. The summed E-state index contributed by atoms with van der Waals surface area (Å²) < 4.78 is 13.6. The van der Waals surface area contributed by atoms with Gasteiger partial charge in [0, 0.05) is 48.6 Å². The van der Waals surface area contributed by atoms with Crippen molar-refractivity contribution >= 4 is 22.9 Å². The minimum atomic E-state index is -0.124. The van der Waals surface area contributed by atoms with Gasteiger partial charge in [0.25, 0.3) is 0 Å². The normalized spacial score (nSPS) is 13.5. The largest absolute Gasteiger partial charge is 0.480 e. The number of anilines is 2. The fourth-order valence-electron chi connectivity index (χ4n) is 5.65. The van der Waals surface area contributed by atoms with E-state index in [-0.39, 0.29) is 5.91 Å². The summed E-state index contributed by atoms with van der Waals surface area (Å²) in [6.45, 7) is 8.20. The Morgan fingerprint density at radius 1 is 1.07 bits per heavy atom. The average molecular weight is 576 g/mol. The molecule has 1 fully saturated rings. The summed E-state index contributed by atoms with van der Waals surface area (Å²) >= 11 is 0. The van der Waals surface area contributed by atoms with E-state index in [0.717, 1.165) is 46.7 Å². The molecule has 1 saturated heterocycles. The quantitative estimate of drug-likeness (QED) is 0.238. The molecule has 0 atom stereocenters. The molecule has 10 heteroatoms. The minimum absolute atomic E-state index is 0.124.